The summed E-state index contributed by atoms with van der Waals surface area (Å²) in [5.41, 5.74) is 16.1. The Hall–Kier alpha value is -2.12. The van der Waals surface area contributed by atoms with E-state index in [1.54, 1.807) is 11.8 Å². The van der Waals surface area contributed by atoms with Gasteiger partial charge in [-0.3, -0.25) is 14.8 Å². The third kappa shape index (κ3) is 9.70. The molecule has 0 spiro atoms. The first-order chi connectivity index (χ1) is 14.9. The summed E-state index contributed by atoms with van der Waals surface area (Å²) in [5, 5.41) is 4.97. The summed E-state index contributed by atoms with van der Waals surface area (Å²) < 4.78 is 0. The Balaban J connectivity index is 3.49. The van der Waals surface area contributed by atoms with Crippen LogP contribution in [0.25, 0.3) is 0 Å². The minimum absolute atomic E-state index is 0.0222. The molecule has 1 atom stereocenters. The van der Waals surface area contributed by atoms with E-state index >= 15 is 0 Å². The highest BCUT2D eigenvalue weighted by molar-refractivity contribution is 8.02. The third-order valence-electron chi connectivity index (χ3n) is 4.59. The lowest BCUT2D eigenvalue weighted by Gasteiger charge is -2.18. The van der Waals surface area contributed by atoms with Crippen molar-refractivity contribution in [3.05, 3.63) is 46.4 Å². The molecule has 0 heterocycles. The Morgan fingerprint density at radius 1 is 1.16 bits per heavy atom. The van der Waals surface area contributed by atoms with Crippen molar-refractivity contribution in [2.45, 2.75) is 66.0 Å². The molecule has 0 aliphatic carbocycles. The second kappa shape index (κ2) is 14.8. The molecule has 0 saturated heterocycles. The smallest absolute Gasteiger partial charge is 0.222 e. The molecule has 0 aliphatic heterocycles. The Labute approximate surface area is 192 Å². The quantitative estimate of drug-likeness (QED) is 0.318. The number of aryl methyl sites for hydroxylation is 1. The van der Waals surface area contributed by atoms with E-state index in [0.29, 0.717) is 18.9 Å². The number of hydrogen-bond acceptors (Lipinski definition) is 5. The maximum Gasteiger partial charge on any atom is 0.222 e. The monoisotopic (exact) mass is 445 g/mol. The van der Waals surface area contributed by atoms with Gasteiger partial charge < -0.3 is 16.8 Å². The van der Waals surface area contributed by atoms with Crippen LogP contribution in [-0.2, 0) is 11.2 Å². The van der Waals surface area contributed by atoms with Gasteiger partial charge in [0.15, 0.2) is 0 Å². The van der Waals surface area contributed by atoms with Crippen LogP contribution >= 0.6 is 11.8 Å². The van der Waals surface area contributed by atoms with Gasteiger partial charge >= 0.3 is 0 Å². The molecule has 7 heteroatoms. The second-order valence-electron chi connectivity index (χ2n) is 7.49. The van der Waals surface area contributed by atoms with E-state index in [-0.39, 0.29) is 18.4 Å². The molecule has 0 fully saturated rings. The minimum atomic E-state index is -0.539. The van der Waals surface area contributed by atoms with Crippen molar-refractivity contribution in [3.63, 3.8) is 0 Å². The molecule has 0 aromatic heterocycles. The summed E-state index contributed by atoms with van der Waals surface area (Å²) in [6.07, 6.45) is 1.94. The molecule has 5 N–H and O–H groups in total. The zero-order chi connectivity index (χ0) is 23.2. The van der Waals surface area contributed by atoms with Crippen LogP contribution in [0.1, 0.15) is 58.6 Å². The Kier molecular flexibility index (Phi) is 12.9. The number of amidine groups is 1. The molecule has 1 aromatic rings. The highest BCUT2D eigenvalue weighted by Crippen LogP contribution is 2.20. The van der Waals surface area contributed by atoms with Gasteiger partial charge in [0.25, 0.3) is 0 Å². The van der Waals surface area contributed by atoms with E-state index in [1.807, 2.05) is 13.8 Å². The molecule has 31 heavy (non-hydrogen) atoms. The Morgan fingerprint density at radius 3 is 2.35 bits per heavy atom. The van der Waals surface area contributed by atoms with Crippen LogP contribution in [0.2, 0.25) is 0 Å². The predicted octanol–water partition coefficient (Wildman–Crippen LogP) is 3.68. The van der Waals surface area contributed by atoms with E-state index in [9.17, 15) is 4.79 Å². The second-order valence-corrected chi connectivity index (χ2v) is 8.63. The molecule has 172 valence electrons. The van der Waals surface area contributed by atoms with Gasteiger partial charge in [0.05, 0.1) is 12.1 Å². The number of carbonyl (C=O) groups excluding carboxylic acids is 1. The molecule has 1 aromatic carbocycles. The first kappa shape index (κ1) is 26.9. The number of carbonyl (C=O) groups is 1. The first-order valence-electron chi connectivity index (χ1n) is 11.1. The average Bonchev–Trinajstić information content (AvgIpc) is 2.76. The van der Waals surface area contributed by atoms with E-state index in [2.05, 4.69) is 60.8 Å². The number of rotatable bonds is 13. The van der Waals surface area contributed by atoms with Crippen molar-refractivity contribution in [1.29, 1.82) is 0 Å². The van der Waals surface area contributed by atoms with Crippen molar-refractivity contribution < 1.29 is 4.79 Å². The van der Waals surface area contributed by atoms with Gasteiger partial charge in [-0.15, -0.1) is 11.8 Å². The van der Waals surface area contributed by atoms with Gasteiger partial charge in [0, 0.05) is 19.1 Å². The lowest BCUT2D eigenvalue weighted by Crippen LogP contribution is -2.37. The summed E-state index contributed by atoms with van der Waals surface area (Å²) in [7, 11) is 0. The SMILES string of the molecule is CCS/C=C(\CC)C(=NC(CC(=O)NCCN)C(N)=NC(C)C)c1ccc(CC)cc1. The van der Waals surface area contributed by atoms with Crippen LogP contribution in [0.5, 0.6) is 0 Å². The average molecular weight is 446 g/mol. The molecule has 1 rings (SSSR count). The van der Waals surface area contributed by atoms with Crippen LogP contribution in [0.4, 0.5) is 0 Å². The number of nitrogens with one attached hydrogen (secondary N) is 1. The molecular weight excluding hydrogens is 406 g/mol. The number of nitrogens with two attached hydrogens (primary N) is 2. The molecule has 0 saturated carbocycles. The number of thioether (sulfide) groups is 1. The highest BCUT2D eigenvalue weighted by atomic mass is 32.2. The number of allylic oxidation sites excluding steroid dienone is 1. The first-order valence-corrected chi connectivity index (χ1v) is 12.2. The molecule has 6 nitrogen and oxygen atoms in total. The van der Waals surface area contributed by atoms with Crippen molar-refractivity contribution in [2.75, 3.05) is 18.8 Å². The van der Waals surface area contributed by atoms with Crippen molar-refractivity contribution in [3.8, 4) is 0 Å². The van der Waals surface area contributed by atoms with Gasteiger partial charge in [0.2, 0.25) is 5.91 Å². The topological polar surface area (TPSA) is 106 Å². The fourth-order valence-electron chi connectivity index (χ4n) is 2.95. The Bertz CT molecular complexity index is 769. The summed E-state index contributed by atoms with van der Waals surface area (Å²) >= 11 is 1.75. The van der Waals surface area contributed by atoms with E-state index in [1.165, 1.54) is 5.56 Å². The standard InChI is InChI=1S/C24H39N5OS/c1-6-18-9-11-20(12-10-18)23(19(7-2)16-31-8-3)29-21(24(26)28-17(4)5)15-22(30)27-14-13-25/h9-12,16-17,21H,6-8,13-15,25H2,1-5H3,(H2,26,28)(H,27,30)/b19-16+,29-23?. The summed E-state index contributed by atoms with van der Waals surface area (Å²) in [6.45, 7) is 11.1. The maximum absolute atomic E-state index is 12.5. The predicted molar refractivity (Wildman–Crippen MR) is 136 cm³/mol. The van der Waals surface area contributed by atoms with Crippen LogP contribution in [-0.4, -0.2) is 48.4 Å². The summed E-state index contributed by atoms with van der Waals surface area (Å²) in [4.78, 5) is 22.0. The van der Waals surface area contributed by atoms with Crippen LogP contribution in [0.15, 0.2) is 45.2 Å². The molecule has 0 aliphatic rings. The number of hydrogen-bond donors (Lipinski definition) is 3. The minimum Gasteiger partial charge on any atom is -0.386 e. The molecule has 1 amide bonds. The fourth-order valence-corrected chi connectivity index (χ4v) is 3.59. The van der Waals surface area contributed by atoms with E-state index in [4.69, 9.17) is 16.5 Å². The zero-order valence-electron chi connectivity index (χ0n) is 19.6. The van der Waals surface area contributed by atoms with Gasteiger partial charge in [-0.1, -0.05) is 45.0 Å². The molecule has 0 bridgehead atoms. The molecular formula is C24H39N5OS. The van der Waals surface area contributed by atoms with Gasteiger partial charge in [-0.25, -0.2) is 0 Å². The largest absolute Gasteiger partial charge is 0.386 e. The zero-order valence-corrected chi connectivity index (χ0v) is 20.5. The molecule has 0 radical (unpaired) electrons. The number of nitrogens with zero attached hydrogens (tertiary/aromatic N) is 2. The fraction of sp³-hybridized carbons (Fsp3) is 0.542. The van der Waals surface area contributed by atoms with Crippen molar-refractivity contribution >= 4 is 29.2 Å². The van der Waals surface area contributed by atoms with E-state index < -0.39 is 6.04 Å². The van der Waals surface area contributed by atoms with Gasteiger partial charge in [-0.2, -0.15) is 0 Å². The van der Waals surface area contributed by atoms with Crippen LogP contribution in [0.3, 0.4) is 0 Å². The van der Waals surface area contributed by atoms with Crippen molar-refractivity contribution in [1.82, 2.24) is 5.32 Å². The molecule has 1 unspecified atom stereocenters. The van der Waals surface area contributed by atoms with Gasteiger partial charge in [0.1, 0.15) is 11.9 Å². The van der Waals surface area contributed by atoms with Gasteiger partial charge in [-0.05, 0) is 54.6 Å². The number of amides is 1. The maximum atomic E-state index is 12.5. The Morgan fingerprint density at radius 2 is 1.84 bits per heavy atom. The van der Waals surface area contributed by atoms with Crippen LogP contribution in [0, 0.1) is 0 Å². The lowest BCUT2D eigenvalue weighted by atomic mass is 9.99. The number of benzene rings is 1. The number of aliphatic imine (C=N–C) groups is 2. The summed E-state index contributed by atoms with van der Waals surface area (Å²) in [5.74, 6) is 1.22. The normalized spacial score (nSPS) is 14.1. The van der Waals surface area contributed by atoms with E-state index in [0.717, 1.165) is 35.4 Å². The van der Waals surface area contributed by atoms with Crippen molar-refractivity contribution in [2.24, 2.45) is 21.5 Å². The lowest BCUT2D eigenvalue weighted by molar-refractivity contribution is -0.121. The highest BCUT2D eigenvalue weighted by Gasteiger charge is 2.20. The third-order valence-corrected chi connectivity index (χ3v) is 5.38. The summed E-state index contributed by atoms with van der Waals surface area (Å²) in [6, 6.07) is 7.92. The van der Waals surface area contributed by atoms with Crippen LogP contribution < -0.4 is 16.8 Å².